The molecule has 1 atom stereocenters. The monoisotopic (exact) mass is 377 g/mol. The number of hydrazone groups is 1. The van der Waals surface area contributed by atoms with Crippen molar-refractivity contribution in [1.29, 1.82) is 0 Å². The SMILES string of the molecule is C[C@]1(c2ccc(OC(F)F)cc2)NC(=O)N(/N=C\c2ccccc2F)C1=O. The van der Waals surface area contributed by atoms with Crippen LogP contribution in [0.25, 0.3) is 0 Å². The number of alkyl halides is 2. The lowest BCUT2D eigenvalue weighted by Crippen LogP contribution is -2.40. The molecular weight excluding hydrogens is 363 g/mol. The molecule has 2 aromatic carbocycles. The fourth-order valence-electron chi connectivity index (χ4n) is 2.59. The first kappa shape index (κ1) is 18.4. The largest absolute Gasteiger partial charge is 0.435 e. The Hall–Kier alpha value is -3.36. The smallest absolute Gasteiger partial charge is 0.387 e. The number of carbonyl (C=O) groups excluding carboxylic acids is 2. The number of ether oxygens (including phenoxy) is 1. The number of amides is 3. The van der Waals surface area contributed by atoms with Gasteiger partial charge in [-0.2, -0.15) is 13.9 Å². The minimum absolute atomic E-state index is 0.0800. The van der Waals surface area contributed by atoms with Crippen molar-refractivity contribution >= 4 is 18.2 Å². The van der Waals surface area contributed by atoms with Crippen molar-refractivity contribution in [2.75, 3.05) is 0 Å². The number of carbonyl (C=O) groups is 2. The molecule has 0 aliphatic carbocycles. The van der Waals surface area contributed by atoms with Crippen LogP contribution in [0.2, 0.25) is 0 Å². The fourth-order valence-corrected chi connectivity index (χ4v) is 2.59. The second kappa shape index (κ2) is 7.10. The summed E-state index contributed by atoms with van der Waals surface area (Å²) in [6, 6.07) is 10.3. The van der Waals surface area contributed by atoms with Crippen LogP contribution in [0.5, 0.6) is 5.75 Å². The van der Waals surface area contributed by atoms with Crippen LogP contribution in [0.1, 0.15) is 18.1 Å². The molecule has 1 heterocycles. The zero-order valence-electron chi connectivity index (χ0n) is 14.0. The van der Waals surface area contributed by atoms with Crippen molar-refractivity contribution in [1.82, 2.24) is 10.3 Å². The summed E-state index contributed by atoms with van der Waals surface area (Å²) < 4.78 is 42.4. The first-order valence-corrected chi connectivity index (χ1v) is 7.82. The molecule has 1 aliphatic rings. The van der Waals surface area contributed by atoms with Crippen molar-refractivity contribution in [3.63, 3.8) is 0 Å². The summed E-state index contributed by atoms with van der Waals surface area (Å²) in [6.45, 7) is -1.52. The number of imide groups is 1. The van der Waals surface area contributed by atoms with Crippen LogP contribution in [-0.4, -0.2) is 29.8 Å². The minimum atomic E-state index is -2.97. The minimum Gasteiger partial charge on any atom is -0.435 e. The van der Waals surface area contributed by atoms with Gasteiger partial charge in [0.2, 0.25) is 0 Å². The van der Waals surface area contributed by atoms with Crippen molar-refractivity contribution in [3.8, 4) is 5.75 Å². The summed E-state index contributed by atoms with van der Waals surface area (Å²) >= 11 is 0. The molecule has 0 unspecified atom stereocenters. The average Bonchev–Trinajstić information content (AvgIpc) is 2.84. The van der Waals surface area contributed by atoms with Gasteiger partial charge < -0.3 is 10.1 Å². The van der Waals surface area contributed by atoms with E-state index < -0.39 is 29.9 Å². The van der Waals surface area contributed by atoms with E-state index in [4.69, 9.17) is 0 Å². The Labute approximate surface area is 152 Å². The van der Waals surface area contributed by atoms with Crippen LogP contribution in [0.15, 0.2) is 53.6 Å². The number of urea groups is 1. The third kappa shape index (κ3) is 3.62. The highest BCUT2D eigenvalue weighted by Gasteiger charge is 2.49. The van der Waals surface area contributed by atoms with E-state index in [2.05, 4.69) is 15.2 Å². The van der Waals surface area contributed by atoms with E-state index in [1.807, 2.05) is 0 Å². The molecule has 2 aromatic rings. The number of hydrogen-bond donors (Lipinski definition) is 1. The Kier molecular flexibility index (Phi) is 4.85. The van der Waals surface area contributed by atoms with E-state index in [0.717, 1.165) is 6.21 Å². The lowest BCUT2D eigenvalue weighted by atomic mass is 9.92. The van der Waals surface area contributed by atoms with Gasteiger partial charge in [0.1, 0.15) is 17.1 Å². The summed E-state index contributed by atoms with van der Waals surface area (Å²) in [5.74, 6) is -1.32. The van der Waals surface area contributed by atoms with Gasteiger partial charge >= 0.3 is 12.6 Å². The molecule has 0 radical (unpaired) electrons. The van der Waals surface area contributed by atoms with E-state index in [-0.39, 0.29) is 11.3 Å². The molecule has 1 N–H and O–H groups in total. The predicted octanol–water partition coefficient (Wildman–Crippen LogP) is 3.23. The van der Waals surface area contributed by atoms with E-state index >= 15 is 0 Å². The van der Waals surface area contributed by atoms with Crippen molar-refractivity contribution in [2.24, 2.45) is 5.10 Å². The number of benzene rings is 2. The maximum atomic E-state index is 13.6. The van der Waals surface area contributed by atoms with Gasteiger partial charge in [0.05, 0.1) is 6.21 Å². The maximum Gasteiger partial charge on any atom is 0.387 e. The average molecular weight is 377 g/mol. The number of hydrogen-bond acceptors (Lipinski definition) is 4. The predicted molar refractivity (Wildman–Crippen MR) is 89.8 cm³/mol. The number of halogens is 3. The molecule has 0 saturated carbocycles. The Morgan fingerprint density at radius 3 is 2.44 bits per heavy atom. The summed E-state index contributed by atoms with van der Waals surface area (Å²) in [4.78, 5) is 24.8. The quantitative estimate of drug-likeness (QED) is 0.642. The van der Waals surface area contributed by atoms with Gasteiger partial charge in [-0.25, -0.2) is 9.18 Å². The molecule has 0 aromatic heterocycles. The molecule has 1 saturated heterocycles. The third-order valence-electron chi connectivity index (χ3n) is 4.04. The molecule has 6 nitrogen and oxygen atoms in total. The van der Waals surface area contributed by atoms with E-state index in [9.17, 15) is 22.8 Å². The lowest BCUT2D eigenvalue weighted by Gasteiger charge is -2.21. The third-order valence-corrected chi connectivity index (χ3v) is 4.04. The van der Waals surface area contributed by atoms with Crippen molar-refractivity contribution in [2.45, 2.75) is 19.1 Å². The second-order valence-electron chi connectivity index (χ2n) is 5.84. The van der Waals surface area contributed by atoms with Gasteiger partial charge in [0.15, 0.2) is 0 Å². The Morgan fingerprint density at radius 2 is 1.81 bits per heavy atom. The summed E-state index contributed by atoms with van der Waals surface area (Å²) in [6.07, 6.45) is 1.07. The van der Waals surface area contributed by atoms with Gasteiger partial charge in [-0.05, 0) is 30.7 Å². The fraction of sp³-hybridized carbons (Fsp3) is 0.167. The van der Waals surface area contributed by atoms with E-state index in [0.29, 0.717) is 10.6 Å². The van der Waals surface area contributed by atoms with Crippen LogP contribution < -0.4 is 10.1 Å². The van der Waals surface area contributed by atoms with Crippen LogP contribution >= 0.6 is 0 Å². The van der Waals surface area contributed by atoms with Gasteiger partial charge in [-0.1, -0.05) is 30.3 Å². The Morgan fingerprint density at radius 1 is 1.15 bits per heavy atom. The zero-order valence-corrected chi connectivity index (χ0v) is 14.0. The standard InChI is InChI=1S/C18H14F3N3O3/c1-18(12-6-8-13(9-7-12)27-16(20)21)15(25)24(17(26)23-18)22-10-11-4-2-3-5-14(11)19/h2-10,16H,1H3,(H,23,26)/b22-10-/t18-/m1/s1. The Bertz CT molecular complexity index is 902. The molecule has 0 spiro atoms. The van der Waals surface area contributed by atoms with Crippen LogP contribution in [0.3, 0.4) is 0 Å². The first-order chi connectivity index (χ1) is 12.8. The highest BCUT2D eigenvalue weighted by molar-refractivity contribution is 6.07. The Balaban J connectivity index is 1.83. The molecule has 140 valence electrons. The molecule has 1 aliphatic heterocycles. The first-order valence-electron chi connectivity index (χ1n) is 7.82. The molecule has 3 rings (SSSR count). The van der Waals surface area contributed by atoms with E-state index in [1.165, 1.54) is 49.4 Å². The van der Waals surface area contributed by atoms with Crippen LogP contribution in [-0.2, 0) is 10.3 Å². The summed E-state index contributed by atoms with van der Waals surface area (Å²) in [5.41, 5.74) is -0.987. The highest BCUT2D eigenvalue weighted by atomic mass is 19.3. The van der Waals surface area contributed by atoms with Gasteiger partial charge in [0.25, 0.3) is 5.91 Å². The molecular formula is C18H14F3N3O3. The van der Waals surface area contributed by atoms with Crippen molar-refractivity contribution < 1.29 is 27.5 Å². The number of nitrogens with one attached hydrogen (secondary N) is 1. The topological polar surface area (TPSA) is 71.0 Å². The molecule has 0 bridgehead atoms. The van der Waals surface area contributed by atoms with Crippen LogP contribution in [0.4, 0.5) is 18.0 Å². The van der Waals surface area contributed by atoms with Gasteiger partial charge in [-0.3, -0.25) is 4.79 Å². The van der Waals surface area contributed by atoms with Crippen molar-refractivity contribution in [3.05, 3.63) is 65.5 Å². The van der Waals surface area contributed by atoms with E-state index in [1.54, 1.807) is 6.07 Å². The molecule has 27 heavy (non-hydrogen) atoms. The number of nitrogens with zero attached hydrogens (tertiary/aromatic N) is 2. The normalized spacial score (nSPS) is 19.8. The lowest BCUT2D eigenvalue weighted by molar-refractivity contribution is -0.131. The number of rotatable bonds is 5. The summed E-state index contributed by atoms with van der Waals surface area (Å²) in [7, 11) is 0. The maximum absolute atomic E-state index is 13.6. The van der Waals surface area contributed by atoms with Gasteiger partial charge in [0, 0.05) is 5.56 Å². The van der Waals surface area contributed by atoms with Gasteiger partial charge in [-0.15, -0.1) is 5.01 Å². The second-order valence-corrected chi connectivity index (χ2v) is 5.84. The molecule has 9 heteroatoms. The zero-order chi connectivity index (χ0) is 19.6. The molecule has 3 amide bonds. The summed E-state index contributed by atoms with van der Waals surface area (Å²) in [5, 5.41) is 6.87. The highest BCUT2D eigenvalue weighted by Crippen LogP contribution is 2.30. The molecule has 1 fully saturated rings. The van der Waals surface area contributed by atoms with Crippen LogP contribution in [0, 0.1) is 5.82 Å².